The number of hydrogen-bond donors (Lipinski definition) is 0. The average molecular weight is 177 g/mol. The zero-order valence-electron chi connectivity index (χ0n) is 8.71. The van der Waals surface area contributed by atoms with Crippen molar-refractivity contribution in [3.05, 3.63) is 30.7 Å². The second-order valence-electron chi connectivity index (χ2n) is 4.03. The zero-order valence-corrected chi connectivity index (χ0v) is 8.71. The van der Waals surface area contributed by atoms with E-state index in [1.165, 1.54) is 32.1 Å². The fourth-order valence-electron chi connectivity index (χ4n) is 1.76. The van der Waals surface area contributed by atoms with Gasteiger partial charge in [0.05, 0.1) is 0 Å². The topological polar surface area (TPSA) is 0 Å². The summed E-state index contributed by atoms with van der Waals surface area (Å²) in [4.78, 5) is 0. The lowest BCUT2D eigenvalue weighted by Gasteiger charge is -2.15. The number of rotatable bonds is 0. The Labute approximate surface area is 82.7 Å². The summed E-state index contributed by atoms with van der Waals surface area (Å²) in [7, 11) is 0. The first-order valence-corrected chi connectivity index (χ1v) is 5.54. The van der Waals surface area contributed by atoms with Crippen LogP contribution in [0.5, 0.6) is 0 Å². The molecule has 0 atom stereocenters. The second-order valence-corrected chi connectivity index (χ2v) is 4.03. The first kappa shape index (κ1) is 10.6. The molecule has 0 heterocycles. The molecular formula is C13H21. The molecule has 0 N–H and O–H groups in total. The summed E-state index contributed by atoms with van der Waals surface area (Å²) in [5.74, 6) is 1.04. The molecule has 0 unspecified atom stereocenters. The van der Waals surface area contributed by atoms with Gasteiger partial charge in [-0.3, -0.25) is 0 Å². The Morgan fingerprint density at radius 1 is 0.923 bits per heavy atom. The van der Waals surface area contributed by atoms with Gasteiger partial charge in [0.15, 0.2) is 0 Å². The summed E-state index contributed by atoms with van der Waals surface area (Å²) in [5, 5.41) is 0. The molecule has 0 aliphatic heterocycles. The largest absolute Gasteiger partial charge is 0.0841 e. The van der Waals surface area contributed by atoms with Gasteiger partial charge in [0.25, 0.3) is 0 Å². The molecule has 0 spiro atoms. The highest BCUT2D eigenvalue weighted by Gasteiger charge is 2.05. The van der Waals surface area contributed by atoms with Crippen molar-refractivity contribution in [2.24, 2.45) is 5.92 Å². The molecule has 0 aromatic rings. The van der Waals surface area contributed by atoms with Crippen molar-refractivity contribution in [2.75, 3.05) is 0 Å². The lowest BCUT2D eigenvalue weighted by atomic mass is 9.91. The van der Waals surface area contributed by atoms with E-state index in [1.54, 1.807) is 0 Å². The smallest absolute Gasteiger partial charge is 0.00443 e. The molecule has 2 rings (SSSR count). The van der Waals surface area contributed by atoms with Crippen LogP contribution in [-0.2, 0) is 0 Å². The minimum Gasteiger partial charge on any atom is -0.0841 e. The van der Waals surface area contributed by atoms with E-state index in [0.29, 0.717) is 0 Å². The van der Waals surface area contributed by atoms with E-state index in [4.69, 9.17) is 0 Å². The number of hydrogen-bond acceptors (Lipinski definition) is 0. The third kappa shape index (κ3) is 5.68. The fraction of sp³-hybridized carbons (Fsp3) is 0.615. The molecule has 1 radical (unpaired) electrons. The maximum Gasteiger partial charge on any atom is 0.00443 e. The van der Waals surface area contributed by atoms with Crippen molar-refractivity contribution in [1.82, 2.24) is 0 Å². The van der Waals surface area contributed by atoms with Crippen molar-refractivity contribution in [3.8, 4) is 0 Å². The van der Waals surface area contributed by atoms with Crippen LogP contribution < -0.4 is 0 Å². The van der Waals surface area contributed by atoms with Crippen LogP contribution in [0.15, 0.2) is 24.3 Å². The minimum atomic E-state index is 1.04. The normalized spacial score (nSPS) is 22.2. The summed E-state index contributed by atoms with van der Waals surface area (Å²) < 4.78 is 0. The molecule has 2 aliphatic rings. The van der Waals surface area contributed by atoms with Crippen molar-refractivity contribution < 1.29 is 0 Å². The quantitative estimate of drug-likeness (QED) is 0.517. The van der Waals surface area contributed by atoms with E-state index in [2.05, 4.69) is 31.2 Å². The van der Waals surface area contributed by atoms with Gasteiger partial charge in [0, 0.05) is 6.42 Å². The summed E-state index contributed by atoms with van der Waals surface area (Å²) in [6.07, 6.45) is 18.9. The Morgan fingerprint density at radius 3 is 1.77 bits per heavy atom. The maximum absolute atomic E-state index is 2.36. The SMILES string of the molecule is CC1CCCCC1.[CH]1C=CCC=C1. The van der Waals surface area contributed by atoms with E-state index >= 15 is 0 Å². The molecule has 0 nitrogen and oxygen atoms in total. The van der Waals surface area contributed by atoms with Crippen LogP contribution in [-0.4, -0.2) is 0 Å². The van der Waals surface area contributed by atoms with Crippen LogP contribution in [0.4, 0.5) is 0 Å². The van der Waals surface area contributed by atoms with Crippen LogP contribution in [0.3, 0.4) is 0 Å². The predicted molar refractivity (Wildman–Crippen MR) is 59.4 cm³/mol. The van der Waals surface area contributed by atoms with Crippen LogP contribution in [0, 0.1) is 12.3 Å². The van der Waals surface area contributed by atoms with Gasteiger partial charge in [-0.15, -0.1) is 0 Å². The summed E-state index contributed by atoms with van der Waals surface area (Å²) in [5.41, 5.74) is 0. The van der Waals surface area contributed by atoms with E-state index in [-0.39, 0.29) is 0 Å². The Hall–Kier alpha value is -0.520. The van der Waals surface area contributed by atoms with Gasteiger partial charge in [-0.25, -0.2) is 0 Å². The molecule has 2 aliphatic carbocycles. The highest BCUT2D eigenvalue weighted by Crippen LogP contribution is 2.22. The second kappa shape index (κ2) is 6.94. The molecule has 0 heteroatoms. The molecule has 73 valence electrons. The molecule has 0 aromatic heterocycles. The van der Waals surface area contributed by atoms with Gasteiger partial charge in [-0.1, -0.05) is 63.3 Å². The van der Waals surface area contributed by atoms with Gasteiger partial charge in [0.1, 0.15) is 0 Å². The Bertz CT molecular complexity index is 139. The molecule has 1 fully saturated rings. The fourth-order valence-corrected chi connectivity index (χ4v) is 1.76. The highest BCUT2D eigenvalue weighted by atomic mass is 14.1. The maximum atomic E-state index is 2.36. The van der Waals surface area contributed by atoms with E-state index < -0.39 is 0 Å². The highest BCUT2D eigenvalue weighted by molar-refractivity contribution is 5.14. The van der Waals surface area contributed by atoms with Gasteiger partial charge >= 0.3 is 0 Å². The lowest BCUT2D eigenvalue weighted by molar-refractivity contribution is 0.385. The molecule has 0 bridgehead atoms. The van der Waals surface area contributed by atoms with E-state index in [9.17, 15) is 0 Å². The lowest BCUT2D eigenvalue weighted by Crippen LogP contribution is -1.99. The third-order valence-corrected chi connectivity index (χ3v) is 2.66. The molecular weight excluding hydrogens is 156 g/mol. The molecule has 13 heavy (non-hydrogen) atoms. The molecule has 0 aromatic carbocycles. The Kier molecular flexibility index (Phi) is 5.64. The van der Waals surface area contributed by atoms with Crippen LogP contribution in [0.2, 0.25) is 0 Å². The zero-order chi connectivity index (χ0) is 9.36. The van der Waals surface area contributed by atoms with Crippen molar-refractivity contribution in [3.63, 3.8) is 0 Å². The van der Waals surface area contributed by atoms with Gasteiger partial charge < -0.3 is 0 Å². The van der Waals surface area contributed by atoms with Gasteiger partial charge in [-0.2, -0.15) is 0 Å². The van der Waals surface area contributed by atoms with Crippen LogP contribution in [0.1, 0.15) is 45.4 Å². The summed E-state index contributed by atoms with van der Waals surface area (Å²) >= 11 is 0. The first-order valence-electron chi connectivity index (χ1n) is 5.54. The summed E-state index contributed by atoms with van der Waals surface area (Å²) in [6.45, 7) is 2.36. The van der Waals surface area contributed by atoms with Crippen LogP contribution >= 0.6 is 0 Å². The van der Waals surface area contributed by atoms with Gasteiger partial charge in [0.2, 0.25) is 0 Å². The number of allylic oxidation sites excluding steroid dienone is 4. The standard InChI is InChI=1S/C7H14.C6H7/c1-7-5-3-2-4-6-7;1-2-4-6-5-3-1/h7H,2-6H2,1H3;1-5H,6H2. The van der Waals surface area contributed by atoms with Crippen molar-refractivity contribution in [1.29, 1.82) is 0 Å². The Balaban J connectivity index is 0.000000132. The average Bonchev–Trinajstić information content (AvgIpc) is 2.22. The van der Waals surface area contributed by atoms with E-state index in [1.807, 2.05) is 6.42 Å². The van der Waals surface area contributed by atoms with Crippen molar-refractivity contribution in [2.45, 2.75) is 45.4 Å². The first-order chi connectivity index (χ1) is 6.39. The predicted octanol–water partition coefficient (Wildman–Crippen LogP) is 4.29. The van der Waals surface area contributed by atoms with Crippen LogP contribution in [0.25, 0.3) is 0 Å². The van der Waals surface area contributed by atoms with Crippen molar-refractivity contribution >= 4 is 0 Å². The molecule has 1 saturated carbocycles. The van der Waals surface area contributed by atoms with E-state index in [0.717, 1.165) is 12.3 Å². The monoisotopic (exact) mass is 177 g/mol. The third-order valence-electron chi connectivity index (χ3n) is 2.66. The molecule has 0 amide bonds. The molecule has 0 saturated heterocycles. The van der Waals surface area contributed by atoms with Gasteiger partial charge in [-0.05, 0) is 12.3 Å². The Morgan fingerprint density at radius 2 is 1.54 bits per heavy atom. The summed E-state index contributed by atoms with van der Waals surface area (Å²) in [6, 6.07) is 0. The minimum absolute atomic E-state index is 1.04.